The Hall–Kier alpha value is -0.820. The van der Waals surface area contributed by atoms with E-state index in [1.807, 2.05) is 6.07 Å². The van der Waals surface area contributed by atoms with Crippen LogP contribution in [0, 0.1) is 5.41 Å². The first kappa shape index (κ1) is 11.3. The zero-order chi connectivity index (χ0) is 10.8. The minimum atomic E-state index is -0.228. The first-order valence-electron chi connectivity index (χ1n) is 5.26. The summed E-state index contributed by atoms with van der Waals surface area (Å²) in [5, 5.41) is 0. The van der Waals surface area contributed by atoms with Gasteiger partial charge in [-0.1, -0.05) is 58.0 Å². The molecule has 1 aromatic rings. The summed E-state index contributed by atoms with van der Waals surface area (Å²) in [7, 11) is 0. The van der Waals surface area contributed by atoms with Gasteiger partial charge in [0.25, 0.3) is 0 Å². The molecule has 1 atom stereocenters. The first-order valence-corrected chi connectivity index (χ1v) is 5.26. The van der Waals surface area contributed by atoms with Gasteiger partial charge >= 0.3 is 0 Å². The summed E-state index contributed by atoms with van der Waals surface area (Å²) >= 11 is 0. The quantitative estimate of drug-likeness (QED) is 0.762. The van der Waals surface area contributed by atoms with Crippen LogP contribution < -0.4 is 5.73 Å². The molecule has 0 saturated heterocycles. The Labute approximate surface area is 87.3 Å². The number of benzene rings is 1. The Balaban J connectivity index is 3.15. The van der Waals surface area contributed by atoms with Crippen molar-refractivity contribution in [3.8, 4) is 0 Å². The van der Waals surface area contributed by atoms with E-state index in [0.717, 1.165) is 6.42 Å². The van der Waals surface area contributed by atoms with Gasteiger partial charge < -0.3 is 5.73 Å². The smallest absolute Gasteiger partial charge is 0.0456 e. The third kappa shape index (κ3) is 1.83. The molecule has 0 heterocycles. The van der Waals surface area contributed by atoms with E-state index in [9.17, 15) is 0 Å². The molecule has 1 rings (SSSR count). The lowest BCUT2D eigenvalue weighted by Crippen LogP contribution is -2.47. The van der Waals surface area contributed by atoms with Crippen molar-refractivity contribution in [3.05, 3.63) is 35.9 Å². The molecule has 0 radical (unpaired) electrons. The molecule has 78 valence electrons. The van der Waals surface area contributed by atoms with Gasteiger partial charge in [0, 0.05) is 5.54 Å². The lowest BCUT2D eigenvalue weighted by molar-refractivity contribution is 0.181. The van der Waals surface area contributed by atoms with Crippen LogP contribution in [0.2, 0.25) is 0 Å². The van der Waals surface area contributed by atoms with Crippen LogP contribution in [0.4, 0.5) is 0 Å². The molecule has 0 fully saturated rings. The average molecular weight is 191 g/mol. The highest BCUT2D eigenvalue weighted by atomic mass is 14.8. The van der Waals surface area contributed by atoms with Crippen molar-refractivity contribution >= 4 is 0 Å². The summed E-state index contributed by atoms with van der Waals surface area (Å²) in [5.41, 5.74) is 7.59. The molecular weight excluding hydrogens is 170 g/mol. The van der Waals surface area contributed by atoms with Crippen LogP contribution >= 0.6 is 0 Å². The highest BCUT2D eigenvalue weighted by Crippen LogP contribution is 2.39. The van der Waals surface area contributed by atoms with Gasteiger partial charge in [-0.2, -0.15) is 0 Å². The maximum absolute atomic E-state index is 6.50. The standard InChI is InChI=1S/C13H21N/c1-5-13(14,12(2,3)4)11-9-7-6-8-10-11/h6-10H,5,14H2,1-4H3. The van der Waals surface area contributed by atoms with Crippen molar-refractivity contribution in [2.24, 2.45) is 11.1 Å². The third-order valence-electron chi connectivity index (χ3n) is 3.18. The molecule has 1 nitrogen and oxygen atoms in total. The van der Waals surface area contributed by atoms with Crippen LogP contribution in [0.1, 0.15) is 39.7 Å². The molecule has 0 aromatic heterocycles. The minimum absolute atomic E-state index is 0.0864. The number of nitrogens with two attached hydrogens (primary N) is 1. The second-order valence-electron chi connectivity index (χ2n) is 4.94. The van der Waals surface area contributed by atoms with Gasteiger partial charge in [0.1, 0.15) is 0 Å². The van der Waals surface area contributed by atoms with Gasteiger partial charge in [-0.3, -0.25) is 0 Å². The van der Waals surface area contributed by atoms with Gasteiger partial charge in [0.2, 0.25) is 0 Å². The van der Waals surface area contributed by atoms with Gasteiger partial charge in [-0.15, -0.1) is 0 Å². The maximum atomic E-state index is 6.50. The number of hydrogen-bond acceptors (Lipinski definition) is 1. The molecule has 1 heteroatoms. The van der Waals surface area contributed by atoms with E-state index < -0.39 is 0 Å². The first-order chi connectivity index (χ1) is 6.42. The summed E-state index contributed by atoms with van der Waals surface area (Å²) in [5.74, 6) is 0. The Morgan fingerprint density at radius 1 is 1.07 bits per heavy atom. The van der Waals surface area contributed by atoms with Crippen LogP contribution in [-0.2, 0) is 5.54 Å². The van der Waals surface area contributed by atoms with E-state index in [1.54, 1.807) is 0 Å². The van der Waals surface area contributed by atoms with Gasteiger partial charge in [-0.05, 0) is 17.4 Å². The highest BCUT2D eigenvalue weighted by molar-refractivity contribution is 5.26. The van der Waals surface area contributed by atoms with Crippen molar-refractivity contribution in [2.75, 3.05) is 0 Å². The fourth-order valence-corrected chi connectivity index (χ4v) is 1.90. The third-order valence-corrected chi connectivity index (χ3v) is 3.18. The fourth-order valence-electron chi connectivity index (χ4n) is 1.90. The van der Waals surface area contributed by atoms with E-state index in [-0.39, 0.29) is 11.0 Å². The molecule has 1 aromatic carbocycles. The van der Waals surface area contributed by atoms with Crippen LogP contribution in [0.15, 0.2) is 30.3 Å². The van der Waals surface area contributed by atoms with Crippen molar-refractivity contribution in [2.45, 2.75) is 39.7 Å². The Bertz CT molecular complexity index is 284. The monoisotopic (exact) mass is 191 g/mol. The zero-order valence-corrected chi connectivity index (χ0v) is 9.67. The topological polar surface area (TPSA) is 26.0 Å². The molecular formula is C13H21N. The fraction of sp³-hybridized carbons (Fsp3) is 0.538. The highest BCUT2D eigenvalue weighted by Gasteiger charge is 2.37. The zero-order valence-electron chi connectivity index (χ0n) is 9.67. The number of rotatable bonds is 2. The predicted molar refractivity (Wildman–Crippen MR) is 62.1 cm³/mol. The van der Waals surface area contributed by atoms with Gasteiger partial charge in [0.15, 0.2) is 0 Å². The Morgan fingerprint density at radius 2 is 1.57 bits per heavy atom. The van der Waals surface area contributed by atoms with Crippen LogP contribution in [0.25, 0.3) is 0 Å². The van der Waals surface area contributed by atoms with E-state index >= 15 is 0 Å². The van der Waals surface area contributed by atoms with Crippen molar-refractivity contribution in [1.82, 2.24) is 0 Å². The molecule has 1 unspecified atom stereocenters. The molecule has 2 N–H and O–H groups in total. The molecule has 0 saturated carbocycles. The normalized spacial score (nSPS) is 16.4. The van der Waals surface area contributed by atoms with E-state index in [2.05, 4.69) is 52.0 Å². The van der Waals surface area contributed by atoms with E-state index in [4.69, 9.17) is 5.73 Å². The molecule has 0 aliphatic carbocycles. The summed E-state index contributed by atoms with van der Waals surface area (Å²) in [6.45, 7) is 8.74. The molecule has 0 spiro atoms. The van der Waals surface area contributed by atoms with E-state index in [0.29, 0.717) is 0 Å². The largest absolute Gasteiger partial charge is 0.321 e. The minimum Gasteiger partial charge on any atom is -0.321 e. The lowest BCUT2D eigenvalue weighted by atomic mass is 9.68. The summed E-state index contributed by atoms with van der Waals surface area (Å²) < 4.78 is 0. The van der Waals surface area contributed by atoms with Crippen molar-refractivity contribution < 1.29 is 0 Å². The Morgan fingerprint density at radius 3 is 1.93 bits per heavy atom. The molecule has 0 bridgehead atoms. The number of hydrogen-bond donors (Lipinski definition) is 1. The lowest BCUT2D eigenvalue weighted by Gasteiger charge is -2.41. The molecule has 0 amide bonds. The molecule has 0 aliphatic heterocycles. The van der Waals surface area contributed by atoms with Crippen LogP contribution in [-0.4, -0.2) is 0 Å². The summed E-state index contributed by atoms with van der Waals surface area (Å²) in [4.78, 5) is 0. The van der Waals surface area contributed by atoms with Crippen molar-refractivity contribution in [3.63, 3.8) is 0 Å². The predicted octanol–water partition coefficient (Wildman–Crippen LogP) is 3.30. The van der Waals surface area contributed by atoms with Crippen LogP contribution in [0.5, 0.6) is 0 Å². The SMILES string of the molecule is CCC(N)(c1ccccc1)C(C)(C)C. The summed E-state index contributed by atoms with van der Waals surface area (Å²) in [6, 6.07) is 10.4. The summed E-state index contributed by atoms with van der Waals surface area (Å²) in [6.07, 6.45) is 0.959. The van der Waals surface area contributed by atoms with Crippen molar-refractivity contribution in [1.29, 1.82) is 0 Å². The molecule has 0 aliphatic rings. The Kier molecular flexibility index (Phi) is 3.01. The van der Waals surface area contributed by atoms with Crippen LogP contribution in [0.3, 0.4) is 0 Å². The maximum Gasteiger partial charge on any atom is 0.0456 e. The second kappa shape index (κ2) is 3.74. The molecule has 14 heavy (non-hydrogen) atoms. The van der Waals surface area contributed by atoms with Gasteiger partial charge in [-0.25, -0.2) is 0 Å². The van der Waals surface area contributed by atoms with Gasteiger partial charge in [0.05, 0.1) is 0 Å². The average Bonchev–Trinajstić information content (AvgIpc) is 2.16. The van der Waals surface area contributed by atoms with E-state index in [1.165, 1.54) is 5.56 Å². The second-order valence-corrected chi connectivity index (χ2v) is 4.94.